The zero-order valence-corrected chi connectivity index (χ0v) is 16.7. The number of carbonyl (C=O) groups excluding carboxylic acids is 3. The number of amides is 3. The lowest BCUT2D eigenvalue weighted by atomic mass is 9.98. The van der Waals surface area contributed by atoms with Gasteiger partial charge < -0.3 is 5.32 Å². The zero-order chi connectivity index (χ0) is 20.4. The molecule has 3 amide bonds. The molecule has 2 heterocycles. The number of nitrogens with one attached hydrogen (secondary N) is 2. The Kier molecular flexibility index (Phi) is 5.42. The first-order valence-corrected chi connectivity index (χ1v) is 10.2. The second kappa shape index (κ2) is 8.14. The molecule has 1 aliphatic heterocycles. The van der Waals surface area contributed by atoms with Crippen molar-refractivity contribution in [3.63, 3.8) is 0 Å². The monoisotopic (exact) mass is 425 g/mol. The van der Waals surface area contributed by atoms with Crippen LogP contribution in [0.15, 0.2) is 53.9 Å². The lowest BCUT2D eigenvalue weighted by Gasteiger charge is -2.08. The highest BCUT2D eigenvalue weighted by molar-refractivity contribution is 7.13. The minimum absolute atomic E-state index is 0.219. The smallest absolute Gasteiger partial charge is 0.275 e. The van der Waals surface area contributed by atoms with Gasteiger partial charge in [-0.15, -0.1) is 11.3 Å². The van der Waals surface area contributed by atoms with Gasteiger partial charge in [-0.05, 0) is 36.2 Å². The van der Waals surface area contributed by atoms with Crippen LogP contribution in [-0.2, 0) is 16.0 Å². The van der Waals surface area contributed by atoms with Crippen LogP contribution in [0.1, 0.15) is 22.5 Å². The van der Waals surface area contributed by atoms with E-state index in [-0.39, 0.29) is 30.1 Å². The van der Waals surface area contributed by atoms with Gasteiger partial charge in [0.05, 0.1) is 5.92 Å². The molecule has 2 aromatic carbocycles. The van der Waals surface area contributed by atoms with E-state index >= 15 is 0 Å². The van der Waals surface area contributed by atoms with E-state index in [0.29, 0.717) is 22.8 Å². The van der Waals surface area contributed by atoms with Gasteiger partial charge in [0.15, 0.2) is 0 Å². The Morgan fingerprint density at radius 3 is 2.52 bits per heavy atom. The Hall–Kier alpha value is -3.03. The molecule has 0 saturated carbocycles. The first-order chi connectivity index (χ1) is 14.0. The van der Waals surface area contributed by atoms with Gasteiger partial charge in [0, 0.05) is 28.1 Å². The molecule has 0 aliphatic carbocycles. The number of carbonyl (C=O) groups is 3. The van der Waals surface area contributed by atoms with Gasteiger partial charge in [0.2, 0.25) is 11.8 Å². The number of imide groups is 1. The summed E-state index contributed by atoms with van der Waals surface area (Å²) in [6.07, 6.45) is 0.708. The third-order valence-electron chi connectivity index (χ3n) is 4.59. The molecule has 1 fully saturated rings. The molecule has 1 unspecified atom stereocenters. The van der Waals surface area contributed by atoms with Gasteiger partial charge in [-0.25, -0.2) is 4.98 Å². The molecule has 1 atom stereocenters. The topological polar surface area (TPSA) is 88.2 Å². The van der Waals surface area contributed by atoms with Crippen molar-refractivity contribution in [2.24, 2.45) is 5.92 Å². The Bertz CT molecular complexity index is 1080. The molecule has 29 heavy (non-hydrogen) atoms. The fraction of sp³-hybridized carbons (Fsp3) is 0.143. The summed E-state index contributed by atoms with van der Waals surface area (Å²) in [7, 11) is 0. The molecule has 8 heteroatoms. The summed E-state index contributed by atoms with van der Waals surface area (Å²) in [6.45, 7) is 0. The second-order valence-electron chi connectivity index (χ2n) is 6.71. The molecule has 4 rings (SSSR count). The van der Waals surface area contributed by atoms with E-state index in [4.69, 9.17) is 11.6 Å². The van der Waals surface area contributed by atoms with Crippen molar-refractivity contribution in [2.75, 3.05) is 5.32 Å². The highest BCUT2D eigenvalue weighted by Gasteiger charge is 2.30. The van der Waals surface area contributed by atoms with Crippen molar-refractivity contribution in [1.29, 1.82) is 0 Å². The molecule has 0 spiro atoms. The third kappa shape index (κ3) is 4.52. The van der Waals surface area contributed by atoms with Crippen molar-refractivity contribution in [2.45, 2.75) is 12.8 Å². The second-order valence-corrected chi connectivity index (χ2v) is 8.01. The van der Waals surface area contributed by atoms with Gasteiger partial charge in [0.1, 0.15) is 10.7 Å². The molecule has 1 saturated heterocycles. The number of benzene rings is 2. The molecule has 6 nitrogen and oxygen atoms in total. The van der Waals surface area contributed by atoms with E-state index in [1.165, 1.54) is 11.3 Å². The Labute approximate surface area is 175 Å². The predicted octanol–water partition coefficient (Wildman–Crippen LogP) is 3.92. The first-order valence-electron chi connectivity index (χ1n) is 8.93. The quantitative estimate of drug-likeness (QED) is 0.606. The maximum Gasteiger partial charge on any atom is 0.275 e. The van der Waals surface area contributed by atoms with Crippen LogP contribution in [0.4, 0.5) is 5.69 Å². The predicted molar refractivity (Wildman–Crippen MR) is 112 cm³/mol. The molecule has 146 valence electrons. The van der Waals surface area contributed by atoms with Crippen molar-refractivity contribution in [1.82, 2.24) is 10.3 Å². The largest absolute Gasteiger partial charge is 0.321 e. The first kappa shape index (κ1) is 19.3. The van der Waals surface area contributed by atoms with Crippen LogP contribution in [0.3, 0.4) is 0 Å². The van der Waals surface area contributed by atoms with Gasteiger partial charge in [0.25, 0.3) is 5.91 Å². The minimum atomic E-state index is -0.329. The lowest BCUT2D eigenvalue weighted by Crippen LogP contribution is -2.22. The van der Waals surface area contributed by atoms with Crippen LogP contribution in [-0.4, -0.2) is 22.7 Å². The standard InChI is InChI=1S/C21H16ClN3O3S/c22-15-5-3-13(4-6-15)21-24-17(11-29-21)20(28)23-16-7-1-12(2-8-16)9-14-10-18(26)25-19(14)27/h1-8,11,14H,9-10H2,(H,23,28)(H,25,26,27). The molecule has 2 N–H and O–H groups in total. The SMILES string of the molecule is O=C1CC(Cc2ccc(NC(=O)c3csc(-c4ccc(Cl)cc4)n3)cc2)C(=O)N1. The number of rotatable bonds is 5. The van der Waals surface area contributed by atoms with Gasteiger partial charge in [-0.3, -0.25) is 19.7 Å². The van der Waals surface area contributed by atoms with E-state index in [2.05, 4.69) is 15.6 Å². The summed E-state index contributed by atoms with van der Waals surface area (Å²) in [5.41, 5.74) is 2.80. The van der Waals surface area contributed by atoms with Crippen LogP contribution in [0, 0.1) is 5.92 Å². The maximum absolute atomic E-state index is 12.5. The number of hydrogen-bond acceptors (Lipinski definition) is 5. The minimum Gasteiger partial charge on any atom is -0.321 e. The Morgan fingerprint density at radius 1 is 1.14 bits per heavy atom. The fourth-order valence-electron chi connectivity index (χ4n) is 3.08. The number of aromatic nitrogens is 1. The van der Waals surface area contributed by atoms with E-state index in [0.717, 1.165) is 16.1 Å². The number of nitrogens with zero attached hydrogens (tertiary/aromatic N) is 1. The van der Waals surface area contributed by atoms with Crippen LogP contribution in [0.25, 0.3) is 10.6 Å². The molecule has 0 bridgehead atoms. The third-order valence-corrected chi connectivity index (χ3v) is 5.73. The van der Waals surface area contributed by atoms with Crippen molar-refractivity contribution >= 4 is 46.3 Å². The van der Waals surface area contributed by atoms with E-state index in [1.54, 1.807) is 29.6 Å². The summed E-state index contributed by atoms with van der Waals surface area (Å²) in [6, 6.07) is 14.5. The average Bonchev–Trinajstić information content (AvgIpc) is 3.31. The van der Waals surface area contributed by atoms with Crippen molar-refractivity contribution in [3.05, 3.63) is 70.2 Å². The van der Waals surface area contributed by atoms with E-state index < -0.39 is 0 Å². The fourth-order valence-corrected chi connectivity index (χ4v) is 4.01. The van der Waals surface area contributed by atoms with Crippen LogP contribution in [0.2, 0.25) is 5.02 Å². The Balaban J connectivity index is 1.39. The van der Waals surface area contributed by atoms with Crippen molar-refractivity contribution in [3.8, 4) is 10.6 Å². The average molecular weight is 426 g/mol. The summed E-state index contributed by atoms with van der Waals surface area (Å²) in [5.74, 6) is -1.09. The van der Waals surface area contributed by atoms with Crippen LogP contribution in [0.5, 0.6) is 0 Å². The number of anilines is 1. The zero-order valence-electron chi connectivity index (χ0n) is 15.1. The molecular weight excluding hydrogens is 410 g/mol. The summed E-state index contributed by atoms with van der Waals surface area (Å²) in [5, 5.41) is 8.23. The number of thiazole rings is 1. The molecular formula is C21H16ClN3O3S. The summed E-state index contributed by atoms with van der Waals surface area (Å²) >= 11 is 7.29. The summed E-state index contributed by atoms with van der Waals surface area (Å²) < 4.78 is 0. The van der Waals surface area contributed by atoms with Crippen LogP contribution >= 0.6 is 22.9 Å². The van der Waals surface area contributed by atoms with Gasteiger partial charge >= 0.3 is 0 Å². The highest BCUT2D eigenvalue weighted by Crippen LogP contribution is 2.25. The lowest BCUT2D eigenvalue weighted by molar-refractivity contribution is -0.125. The molecule has 3 aromatic rings. The van der Waals surface area contributed by atoms with Crippen molar-refractivity contribution < 1.29 is 14.4 Å². The summed E-state index contributed by atoms with van der Waals surface area (Å²) in [4.78, 5) is 39.8. The highest BCUT2D eigenvalue weighted by atomic mass is 35.5. The molecule has 0 radical (unpaired) electrons. The maximum atomic E-state index is 12.5. The van der Waals surface area contributed by atoms with E-state index in [1.807, 2.05) is 24.3 Å². The van der Waals surface area contributed by atoms with Gasteiger partial charge in [-0.2, -0.15) is 0 Å². The van der Waals surface area contributed by atoms with Crippen LogP contribution < -0.4 is 10.6 Å². The van der Waals surface area contributed by atoms with Gasteiger partial charge in [-0.1, -0.05) is 35.9 Å². The number of hydrogen-bond donors (Lipinski definition) is 2. The molecule has 1 aromatic heterocycles. The molecule has 1 aliphatic rings. The van der Waals surface area contributed by atoms with E-state index in [9.17, 15) is 14.4 Å². The Morgan fingerprint density at radius 2 is 1.86 bits per heavy atom. The normalized spacial score (nSPS) is 16.0. The number of halogens is 1.